The quantitative estimate of drug-likeness (QED) is 0.682. The lowest BCUT2D eigenvalue weighted by molar-refractivity contribution is 0.275. The fraction of sp³-hybridized carbons (Fsp3) is 0.368. The zero-order valence-electron chi connectivity index (χ0n) is 13.8. The van der Waals surface area contributed by atoms with Crippen LogP contribution in [-0.2, 0) is 13.2 Å². The molecule has 0 bridgehead atoms. The number of hydrogen-bond donors (Lipinski definition) is 4. The van der Waals surface area contributed by atoms with Gasteiger partial charge >= 0.3 is 0 Å². The normalized spacial score (nSPS) is 11.2. The summed E-state index contributed by atoms with van der Waals surface area (Å²) in [5.41, 5.74) is 4.47. The van der Waals surface area contributed by atoms with E-state index in [0.29, 0.717) is 11.1 Å². The van der Waals surface area contributed by atoms with Crippen LogP contribution < -0.4 is 0 Å². The van der Waals surface area contributed by atoms with Crippen molar-refractivity contribution in [2.75, 3.05) is 0 Å². The Morgan fingerprint density at radius 3 is 1.48 bits per heavy atom. The van der Waals surface area contributed by atoms with Gasteiger partial charge in [0.1, 0.15) is 11.5 Å². The predicted octanol–water partition coefficient (Wildman–Crippen LogP) is 3.24. The molecule has 4 nitrogen and oxygen atoms in total. The van der Waals surface area contributed by atoms with Gasteiger partial charge in [0.05, 0.1) is 13.2 Å². The van der Waals surface area contributed by atoms with Crippen LogP contribution in [-0.4, -0.2) is 20.4 Å². The van der Waals surface area contributed by atoms with Crippen molar-refractivity contribution in [2.45, 2.75) is 46.3 Å². The Hall–Kier alpha value is -2.04. The van der Waals surface area contributed by atoms with E-state index < -0.39 is 0 Å². The first-order valence-corrected chi connectivity index (χ1v) is 7.79. The molecule has 2 aromatic carbocycles. The van der Waals surface area contributed by atoms with Gasteiger partial charge in [-0.05, 0) is 54.7 Å². The van der Waals surface area contributed by atoms with Crippen LogP contribution in [0.15, 0.2) is 24.3 Å². The Balaban J connectivity index is 2.57. The summed E-state index contributed by atoms with van der Waals surface area (Å²) in [5, 5.41) is 38.8. The molecule has 124 valence electrons. The summed E-state index contributed by atoms with van der Waals surface area (Å²) in [6, 6.07) is 7.47. The highest BCUT2D eigenvalue weighted by Crippen LogP contribution is 2.36. The summed E-state index contributed by atoms with van der Waals surface area (Å²) in [6.07, 6.45) is 0.824. The number of benzene rings is 2. The summed E-state index contributed by atoms with van der Waals surface area (Å²) in [6.45, 7) is 5.26. The molecule has 0 fully saturated rings. The summed E-state index contributed by atoms with van der Waals surface area (Å²) in [5.74, 6) is 0.317. The van der Waals surface area contributed by atoms with Crippen molar-refractivity contribution in [3.8, 4) is 11.5 Å². The van der Waals surface area contributed by atoms with Crippen LogP contribution in [0.1, 0.15) is 52.6 Å². The highest BCUT2D eigenvalue weighted by atomic mass is 16.3. The van der Waals surface area contributed by atoms with Crippen LogP contribution in [0.25, 0.3) is 0 Å². The maximum atomic E-state index is 9.98. The zero-order chi connectivity index (χ0) is 17.1. The van der Waals surface area contributed by atoms with Crippen molar-refractivity contribution in [3.05, 3.63) is 57.6 Å². The van der Waals surface area contributed by atoms with Gasteiger partial charge in [-0.1, -0.05) is 19.1 Å². The monoisotopic (exact) mass is 316 g/mol. The van der Waals surface area contributed by atoms with Crippen LogP contribution >= 0.6 is 0 Å². The Kier molecular flexibility index (Phi) is 5.29. The van der Waals surface area contributed by atoms with E-state index in [1.54, 1.807) is 0 Å². The first-order chi connectivity index (χ1) is 10.9. The van der Waals surface area contributed by atoms with Gasteiger partial charge in [0.25, 0.3) is 0 Å². The van der Waals surface area contributed by atoms with Crippen molar-refractivity contribution in [1.82, 2.24) is 0 Å². The van der Waals surface area contributed by atoms with E-state index in [9.17, 15) is 20.4 Å². The third kappa shape index (κ3) is 3.33. The van der Waals surface area contributed by atoms with E-state index >= 15 is 0 Å². The Bertz CT molecular complexity index is 648. The Labute approximate surface area is 136 Å². The molecule has 0 aliphatic carbocycles. The minimum Gasteiger partial charge on any atom is -0.507 e. The SMILES string of the molecule is CCC(c1cc(C)c(O)c(CO)c1)c1cc(C)c(O)c(CO)c1. The number of phenols is 2. The van der Waals surface area contributed by atoms with Gasteiger partial charge in [0, 0.05) is 17.0 Å². The summed E-state index contributed by atoms with van der Waals surface area (Å²) < 4.78 is 0. The molecule has 0 saturated heterocycles. The van der Waals surface area contributed by atoms with Gasteiger partial charge < -0.3 is 20.4 Å². The fourth-order valence-corrected chi connectivity index (χ4v) is 3.07. The van der Waals surface area contributed by atoms with Gasteiger partial charge in [-0.2, -0.15) is 0 Å². The highest BCUT2D eigenvalue weighted by molar-refractivity contribution is 5.49. The van der Waals surface area contributed by atoms with Crippen LogP contribution in [0.3, 0.4) is 0 Å². The lowest BCUT2D eigenvalue weighted by atomic mass is 9.85. The van der Waals surface area contributed by atoms with E-state index in [4.69, 9.17) is 0 Å². The third-order valence-corrected chi connectivity index (χ3v) is 4.36. The standard InChI is InChI=1S/C19H24O4/c1-4-17(13-5-11(2)18(22)15(7-13)9-20)14-6-12(3)19(23)16(8-14)10-21/h5-8,17,20-23H,4,9-10H2,1-3H3. The molecule has 0 radical (unpaired) electrons. The molecule has 0 heterocycles. The number of aliphatic hydroxyl groups excluding tert-OH is 2. The molecule has 0 aliphatic heterocycles. The number of aliphatic hydroxyl groups is 2. The van der Waals surface area contributed by atoms with Gasteiger partial charge in [0.2, 0.25) is 0 Å². The molecule has 4 N–H and O–H groups in total. The second-order valence-corrected chi connectivity index (χ2v) is 5.97. The van der Waals surface area contributed by atoms with Crippen LogP contribution in [0, 0.1) is 13.8 Å². The number of aryl methyl sites for hydroxylation is 2. The fourth-order valence-electron chi connectivity index (χ4n) is 3.07. The summed E-state index contributed by atoms with van der Waals surface area (Å²) in [4.78, 5) is 0. The Morgan fingerprint density at radius 1 is 0.783 bits per heavy atom. The molecule has 0 amide bonds. The van der Waals surface area contributed by atoms with Gasteiger partial charge in [-0.15, -0.1) is 0 Å². The molecular weight excluding hydrogens is 292 g/mol. The molecule has 0 spiro atoms. The van der Waals surface area contributed by atoms with Crippen LogP contribution in [0.5, 0.6) is 11.5 Å². The van der Waals surface area contributed by atoms with E-state index in [1.807, 2.05) is 38.1 Å². The van der Waals surface area contributed by atoms with Crippen molar-refractivity contribution < 1.29 is 20.4 Å². The maximum Gasteiger partial charge on any atom is 0.124 e. The second-order valence-electron chi connectivity index (χ2n) is 5.97. The summed E-state index contributed by atoms with van der Waals surface area (Å²) in [7, 11) is 0. The molecule has 0 aromatic heterocycles. The minimum absolute atomic E-state index is 0.0594. The maximum absolute atomic E-state index is 9.98. The first kappa shape index (κ1) is 17.3. The predicted molar refractivity (Wildman–Crippen MR) is 89.7 cm³/mol. The molecule has 0 unspecified atom stereocenters. The zero-order valence-corrected chi connectivity index (χ0v) is 13.8. The summed E-state index contributed by atoms with van der Waals surface area (Å²) >= 11 is 0. The molecular formula is C19H24O4. The van der Waals surface area contributed by atoms with E-state index in [0.717, 1.165) is 28.7 Å². The average molecular weight is 316 g/mol. The van der Waals surface area contributed by atoms with Crippen molar-refractivity contribution in [2.24, 2.45) is 0 Å². The Morgan fingerprint density at radius 2 is 1.17 bits per heavy atom. The van der Waals surface area contributed by atoms with Crippen molar-refractivity contribution in [1.29, 1.82) is 0 Å². The van der Waals surface area contributed by atoms with E-state index in [1.165, 1.54) is 0 Å². The second kappa shape index (κ2) is 7.02. The highest BCUT2D eigenvalue weighted by Gasteiger charge is 2.18. The van der Waals surface area contributed by atoms with Crippen molar-refractivity contribution >= 4 is 0 Å². The van der Waals surface area contributed by atoms with Gasteiger partial charge in [-0.3, -0.25) is 0 Å². The molecule has 0 atom stereocenters. The molecule has 2 aromatic rings. The molecule has 23 heavy (non-hydrogen) atoms. The van der Waals surface area contributed by atoms with Crippen LogP contribution in [0.4, 0.5) is 0 Å². The minimum atomic E-state index is -0.215. The number of rotatable bonds is 5. The van der Waals surface area contributed by atoms with Crippen LogP contribution in [0.2, 0.25) is 0 Å². The lowest BCUT2D eigenvalue weighted by Gasteiger charge is -2.20. The molecule has 0 saturated carbocycles. The number of hydrogen-bond acceptors (Lipinski definition) is 4. The van der Waals surface area contributed by atoms with Crippen molar-refractivity contribution in [3.63, 3.8) is 0 Å². The molecule has 4 heteroatoms. The number of aromatic hydroxyl groups is 2. The largest absolute Gasteiger partial charge is 0.507 e. The third-order valence-electron chi connectivity index (χ3n) is 4.36. The van der Waals surface area contributed by atoms with E-state index in [-0.39, 0.29) is 30.6 Å². The smallest absolute Gasteiger partial charge is 0.124 e. The lowest BCUT2D eigenvalue weighted by Crippen LogP contribution is -2.04. The van der Waals surface area contributed by atoms with Gasteiger partial charge in [0.15, 0.2) is 0 Å². The molecule has 2 rings (SSSR count). The topological polar surface area (TPSA) is 80.9 Å². The van der Waals surface area contributed by atoms with E-state index in [2.05, 4.69) is 6.92 Å². The molecule has 0 aliphatic rings. The first-order valence-electron chi connectivity index (χ1n) is 7.79. The van der Waals surface area contributed by atoms with Gasteiger partial charge in [-0.25, -0.2) is 0 Å². The average Bonchev–Trinajstić information content (AvgIpc) is 2.54.